The summed E-state index contributed by atoms with van der Waals surface area (Å²) in [5.41, 5.74) is -0.484. The van der Waals surface area contributed by atoms with Gasteiger partial charge in [-0.25, -0.2) is 0 Å². The molecule has 104 valence electrons. The van der Waals surface area contributed by atoms with Crippen molar-refractivity contribution in [2.24, 2.45) is 0 Å². The monoisotopic (exact) mass is 270 g/mol. The van der Waals surface area contributed by atoms with Crippen LogP contribution in [0.25, 0.3) is 0 Å². The van der Waals surface area contributed by atoms with Gasteiger partial charge < -0.3 is 10.2 Å². The zero-order valence-electron chi connectivity index (χ0n) is 10.1. The van der Waals surface area contributed by atoms with E-state index in [1.165, 1.54) is 24.3 Å². The third-order valence-corrected chi connectivity index (χ3v) is 1.84. The van der Waals surface area contributed by atoms with Gasteiger partial charge in [-0.3, -0.25) is 15.4 Å². The van der Waals surface area contributed by atoms with Crippen molar-refractivity contribution < 1.29 is 19.5 Å². The van der Waals surface area contributed by atoms with Gasteiger partial charge in [0, 0.05) is 6.07 Å². The lowest BCUT2D eigenvalue weighted by Crippen LogP contribution is -2.35. The van der Waals surface area contributed by atoms with Crippen molar-refractivity contribution in [3.63, 3.8) is 0 Å². The number of rotatable bonds is 5. The molecule has 6 nitrogen and oxygen atoms in total. The van der Waals surface area contributed by atoms with E-state index < -0.39 is 28.9 Å². The molecule has 0 aliphatic rings. The maximum absolute atomic E-state index is 12.4. The zero-order chi connectivity index (χ0) is 14.8. The van der Waals surface area contributed by atoms with Crippen LogP contribution in [0.4, 0.5) is 10.1 Å². The lowest BCUT2D eigenvalue weighted by molar-refractivity contribution is -0.387. The Kier molecular flexibility index (Phi) is 7.94. The number of para-hydroxylation sites is 1. The average Bonchev–Trinajstić information content (AvgIpc) is 2.39. The molecule has 1 aromatic carbocycles. The molecule has 0 aromatic heterocycles. The number of halogens is 1. The predicted molar refractivity (Wildman–Crippen MR) is 68.6 cm³/mol. The number of nitrogens with zero attached hydrogens (tertiary/aromatic N) is 1. The fourth-order valence-corrected chi connectivity index (χ4v) is 0.911. The summed E-state index contributed by atoms with van der Waals surface area (Å²) >= 11 is 0. The second kappa shape index (κ2) is 8.92. The average molecular weight is 270 g/mol. The highest BCUT2D eigenvalue weighted by Gasteiger charge is 2.10. The molecule has 0 saturated carbocycles. The van der Waals surface area contributed by atoms with E-state index in [4.69, 9.17) is 10.2 Å². The first-order valence-electron chi connectivity index (χ1n) is 5.18. The maximum Gasteiger partial charge on any atom is 0.304 e. The van der Waals surface area contributed by atoms with Gasteiger partial charge in [-0.2, -0.15) is 4.39 Å². The van der Waals surface area contributed by atoms with E-state index in [0.29, 0.717) is 0 Å². The Hall–Kier alpha value is -2.09. The molecule has 0 spiro atoms. The highest BCUT2D eigenvalue weighted by Crippen LogP contribution is 2.14. The molecule has 0 heterocycles. The topological polar surface area (TPSA) is 95.6 Å². The fourth-order valence-electron chi connectivity index (χ4n) is 0.911. The molecule has 0 aliphatic carbocycles. The molecule has 1 aromatic rings. The molecule has 0 radical (unpaired) electrons. The van der Waals surface area contributed by atoms with Crippen LogP contribution in [0, 0.1) is 15.9 Å². The molecule has 1 rings (SSSR count). The number of hydrogen-bond donors (Lipinski definition) is 3. The molecule has 0 fully saturated rings. The smallest absolute Gasteiger partial charge is 0.304 e. The van der Waals surface area contributed by atoms with Gasteiger partial charge in [0.15, 0.2) is 0 Å². The predicted octanol–water partition coefficient (Wildman–Crippen LogP) is 1.32. The Bertz CT molecular complexity index is 427. The fraction of sp³-hybridized carbons (Fsp3) is 0.167. The van der Waals surface area contributed by atoms with Crippen molar-refractivity contribution >= 4 is 5.69 Å². The van der Waals surface area contributed by atoms with Crippen LogP contribution in [0.5, 0.6) is 0 Å². The molecule has 2 unspecified atom stereocenters. The quantitative estimate of drug-likeness (QED) is 0.324. The second-order valence-corrected chi connectivity index (χ2v) is 3.24. The highest BCUT2D eigenvalue weighted by atomic mass is 19.1. The van der Waals surface area contributed by atoms with Crippen LogP contribution in [0.3, 0.4) is 0 Å². The van der Waals surface area contributed by atoms with Crippen molar-refractivity contribution in [2.75, 3.05) is 0 Å². The molecule has 2 atom stereocenters. The minimum absolute atomic E-state index is 0.484. The number of nitro benzene ring substituents is 1. The Labute approximate surface area is 109 Å². The van der Waals surface area contributed by atoms with Crippen LogP contribution < -0.4 is 5.32 Å². The van der Waals surface area contributed by atoms with Crippen LogP contribution in [0.15, 0.2) is 49.6 Å². The Balaban J connectivity index is 0.000000344. The minimum Gasteiger partial charge on any atom is -0.375 e. The first-order valence-corrected chi connectivity index (χ1v) is 5.18. The van der Waals surface area contributed by atoms with Gasteiger partial charge in [0.2, 0.25) is 5.82 Å². The molecule has 0 amide bonds. The zero-order valence-corrected chi connectivity index (χ0v) is 10.1. The summed E-state index contributed by atoms with van der Waals surface area (Å²) in [5.74, 6) is -0.799. The Morgan fingerprint density at radius 3 is 2.05 bits per heavy atom. The number of hydrogen-bond acceptors (Lipinski definition) is 5. The van der Waals surface area contributed by atoms with Crippen molar-refractivity contribution in [3.8, 4) is 0 Å². The number of aliphatic hydroxyl groups is 2. The summed E-state index contributed by atoms with van der Waals surface area (Å²) in [6.07, 6.45) is 0.787. The Morgan fingerprint density at radius 2 is 1.74 bits per heavy atom. The summed E-state index contributed by atoms with van der Waals surface area (Å²) in [4.78, 5) is 9.23. The van der Waals surface area contributed by atoms with Crippen molar-refractivity contribution in [1.29, 1.82) is 0 Å². The van der Waals surface area contributed by atoms with E-state index in [9.17, 15) is 14.5 Å². The van der Waals surface area contributed by atoms with Crippen LogP contribution >= 0.6 is 0 Å². The SMILES string of the molecule is C=CC(O)NC(O)C=C.O=[N+]([O-])c1ccccc1F. The van der Waals surface area contributed by atoms with Gasteiger partial charge in [-0.05, 0) is 18.2 Å². The van der Waals surface area contributed by atoms with E-state index in [2.05, 4.69) is 18.5 Å². The molecule has 0 saturated heterocycles. The number of benzene rings is 1. The van der Waals surface area contributed by atoms with Crippen LogP contribution in [-0.4, -0.2) is 27.6 Å². The van der Waals surface area contributed by atoms with Crippen molar-refractivity contribution in [1.82, 2.24) is 5.32 Å². The summed E-state index contributed by atoms with van der Waals surface area (Å²) in [6.45, 7) is 6.58. The molecule has 7 heteroatoms. The van der Waals surface area contributed by atoms with Gasteiger partial charge in [-0.15, -0.1) is 0 Å². The van der Waals surface area contributed by atoms with Gasteiger partial charge in [0.25, 0.3) is 0 Å². The van der Waals surface area contributed by atoms with Crippen molar-refractivity contribution in [2.45, 2.75) is 12.5 Å². The maximum atomic E-state index is 12.4. The Morgan fingerprint density at radius 1 is 1.26 bits per heavy atom. The van der Waals surface area contributed by atoms with Crippen molar-refractivity contribution in [3.05, 3.63) is 65.5 Å². The minimum atomic E-state index is -0.877. The third kappa shape index (κ3) is 7.04. The first-order chi connectivity index (χ1) is 8.92. The summed E-state index contributed by atoms with van der Waals surface area (Å²) in [5, 5.41) is 29.8. The van der Waals surface area contributed by atoms with E-state index in [1.54, 1.807) is 0 Å². The van der Waals surface area contributed by atoms with E-state index in [0.717, 1.165) is 12.1 Å². The molecular weight excluding hydrogens is 255 g/mol. The first kappa shape index (κ1) is 16.9. The molecule has 3 N–H and O–H groups in total. The third-order valence-electron chi connectivity index (χ3n) is 1.84. The van der Waals surface area contributed by atoms with Gasteiger partial charge >= 0.3 is 5.69 Å². The van der Waals surface area contributed by atoms with Crippen LogP contribution in [0.2, 0.25) is 0 Å². The number of nitro groups is 1. The second-order valence-electron chi connectivity index (χ2n) is 3.24. The largest absolute Gasteiger partial charge is 0.375 e. The van der Waals surface area contributed by atoms with E-state index >= 15 is 0 Å². The molecule has 0 bridgehead atoms. The van der Waals surface area contributed by atoms with Crippen LogP contribution in [0.1, 0.15) is 0 Å². The molecule has 0 aliphatic heterocycles. The van der Waals surface area contributed by atoms with Crippen LogP contribution in [-0.2, 0) is 0 Å². The lowest BCUT2D eigenvalue weighted by atomic mass is 10.3. The number of nitrogens with one attached hydrogen (secondary N) is 1. The lowest BCUT2D eigenvalue weighted by Gasteiger charge is -2.10. The number of aliphatic hydroxyl groups excluding tert-OH is 2. The van der Waals surface area contributed by atoms with Gasteiger partial charge in [0.05, 0.1) is 4.92 Å². The van der Waals surface area contributed by atoms with Gasteiger partial charge in [-0.1, -0.05) is 25.3 Å². The van der Waals surface area contributed by atoms with Gasteiger partial charge in [0.1, 0.15) is 12.5 Å². The standard InChI is InChI=1S/C6H4FNO2.C6H11NO2/c7-5-3-1-2-4-6(5)8(9)10;1-3-5(8)7-6(9)4-2/h1-4H;3-9H,1-2H2. The summed E-state index contributed by atoms with van der Waals surface area (Å²) in [6, 6.07) is 5.00. The normalized spacial score (nSPS) is 12.6. The molecular formula is C12H15FN2O4. The van der Waals surface area contributed by atoms with E-state index in [1.807, 2.05) is 0 Å². The molecule has 19 heavy (non-hydrogen) atoms. The van der Waals surface area contributed by atoms with E-state index in [-0.39, 0.29) is 0 Å². The summed E-state index contributed by atoms with van der Waals surface area (Å²) in [7, 11) is 0. The highest BCUT2D eigenvalue weighted by molar-refractivity contribution is 5.30. The summed E-state index contributed by atoms with van der Waals surface area (Å²) < 4.78 is 12.4.